The summed E-state index contributed by atoms with van der Waals surface area (Å²) in [4.78, 5) is 36.4. The number of hydrogen-bond donors (Lipinski definition) is 3. The topological polar surface area (TPSA) is 118 Å². The van der Waals surface area contributed by atoms with Crippen molar-refractivity contribution in [3.8, 4) is 11.1 Å². The molecule has 0 spiro atoms. The van der Waals surface area contributed by atoms with Crippen LogP contribution in [0.1, 0.15) is 42.2 Å². The summed E-state index contributed by atoms with van der Waals surface area (Å²) in [6, 6.07) is 17.4. The van der Waals surface area contributed by atoms with E-state index in [0.29, 0.717) is 5.76 Å². The number of nitrogens with one attached hydrogen (secondary N) is 2. The number of carbonyl (C=O) groups is 3. The average molecular weight is 448 g/mol. The van der Waals surface area contributed by atoms with Crippen LogP contribution in [0.4, 0.5) is 4.79 Å². The molecular formula is C25H24N2O6. The summed E-state index contributed by atoms with van der Waals surface area (Å²) in [6.07, 6.45) is 0.0339. The van der Waals surface area contributed by atoms with Gasteiger partial charge in [-0.1, -0.05) is 48.5 Å². The number of fused-ring (bicyclic) bond motifs is 3. The predicted octanol–water partition coefficient (Wildman–Crippen LogP) is 3.84. The van der Waals surface area contributed by atoms with Gasteiger partial charge in [-0.3, -0.25) is 9.59 Å². The van der Waals surface area contributed by atoms with Crippen LogP contribution in [0.5, 0.6) is 0 Å². The minimum Gasteiger partial charge on any atom is -0.481 e. The number of alkyl carbamates (subject to hydrolysis) is 1. The first kappa shape index (κ1) is 22.1. The van der Waals surface area contributed by atoms with E-state index >= 15 is 0 Å². The Morgan fingerprint density at radius 2 is 1.61 bits per heavy atom. The monoisotopic (exact) mass is 448 g/mol. The molecule has 1 aliphatic rings. The molecule has 8 nitrogen and oxygen atoms in total. The number of aliphatic carboxylic acids is 1. The highest BCUT2D eigenvalue weighted by atomic mass is 16.5. The Morgan fingerprint density at radius 1 is 0.970 bits per heavy atom. The lowest BCUT2D eigenvalue weighted by Crippen LogP contribution is -2.48. The van der Waals surface area contributed by atoms with Gasteiger partial charge >= 0.3 is 12.1 Å². The first-order chi connectivity index (χ1) is 15.9. The zero-order chi connectivity index (χ0) is 23.4. The number of carboxylic acid groups (broad SMARTS) is 1. The van der Waals surface area contributed by atoms with Crippen molar-refractivity contribution in [3.63, 3.8) is 0 Å². The fourth-order valence-corrected chi connectivity index (χ4v) is 4.09. The van der Waals surface area contributed by atoms with Crippen LogP contribution >= 0.6 is 0 Å². The molecule has 33 heavy (non-hydrogen) atoms. The molecule has 4 rings (SSSR count). The van der Waals surface area contributed by atoms with E-state index in [1.165, 1.54) is 6.26 Å². The van der Waals surface area contributed by atoms with Crippen molar-refractivity contribution < 1.29 is 28.6 Å². The maximum absolute atomic E-state index is 12.6. The quantitative estimate of drug-likeness (QED) is 0.482. The zero-order valence-electron chi connectivity index (χ0n) is 18.0. The van der Waals surface area contributed by atoms with Crippen molar-refractivity contribution in [2.24, 2.45) is 0 Å². The fourth-order valence-electron chi connectivity index (χ4n) is 4.09. The van der Waals surface area contributed by atoms with Gasteiger partial charge in [0.2, 0.25) is 5.91 Å². The van der Waals surface area contributed by atoms with Gasteiger partial charge in [0.1, 0.15) is 18.4 Å². The van der Waals surface area contributed by atoms with Gasteiger partial charge in [-0.2, -0.15) is 0 Å². The molecule has 0 aliphatic heterocycles. The number of rotatable bonds is 8. The van der Waals surface area contributed by atoms with Gasteiger partial charge in [0, 0.05) is 5.92 Å². The van der Waals surface area contributed by atoms with Crippen LogP contribution in [0.25, 0.3) is 11.1 Å². The number of carbonyl (C=O) groups excluding carboxylic acids is 2. The maximum atomic E-state index is 12.6. The maximum Gasteiger partial charge on any atom is 0.407 e. The molecule has 0 saturated heterocycles. The van der Waals surface area contributed by atoms with E-state index in [1.54, 1.807) is 19.1 Å². The normalized spacial score (nSPS) is 14.0. The van der Waals surface area contributed by atoms with Crippen LogP contribution in [0.2, 0.25) is 0 Å². The molecule has 2 unspecified atom stereocenters. The van der Waals surface area contributed by atoms with Crippen molar-refractivity contribution in [2.75, 3.05) is 6.61 Å². The number of carboxylic acids is 1. The van der Waals surface area contributed by atoms with Crippen molar-refractivity contribution in [3.05, 3.63) is 83.8 Å². The van der Waals surface area contributed by atoms with E-state index < -0.39 is 36.5 Å². The Kier molecular flexibility index (Phi) is 6.44. The zero-order valence-corrected chi connectivity index (χ0v) is 18.0. The molecular weight excluding hydrogens is 424 g/mol. The number of ether oxygens (including phenoxy) is 1. The standard InChI is InChI=1S/C25H24N2O6/c1-15(22-11-6-12-32-22)26-24(30)21(13-23(28)29)27-25(31)33-14-20-18-9-4-2-7-16(18)17-8-3-5-10-19(17)20/h2-12,15,20-21H,13-14H2,1H3,(H,26,30)(H,27,31)(H,28,29). The van der Waals surface area contributed by atoms with E-state index in [-0.39, 0.29) is 12.5 Å². The fraction of sp³-hybridized carbons (Fsp3) is 0.240. The smallest absolute Gasteiger partial charge is 0.407 e. The van der Waals surface area contributed by atoms with Crippen molar-refractivity contribution in [1.82, 2.24) is 10.6 Å². The summed E-state index contributed by atoms with van der Waals surface area (Å²) in [7, 11) is 0. The third-order valence-corrected chi connectivity index (χ3v) is 5.66. The van der Waals surface area contributed by atoms with Gasteiger partial charge < -0.3 is 24.9 Å². The third kappa shape index (κ3) is 4.90. The molecule has 170 valence electrons. The predicted molar refractivity (Wildman–Crippen MR) is 120 cm³/mol. The van der Waals surface area contributed by atoms with Crippen molar-refractivity contribution in [1.29, 1.82) is 0 Å². The molecule has 8 heteroatoms. The van der Waals surface area contributed by atoms with E-state index in [4.69, 9.17) is 9.15 Å². The van der Waals surface area contributed by atoms with Crippen molar-refractivity contribution >= 4 is 18.0 Å². The second-order valence-corrected chi connectivity index (χ2v) is 7.87. The summed E-state index contributed by atoms with van der Waals surface area (Å²) < 4.78 is 10.7. The van der Waals surface area contributed by atoms with Gasteiger partial charge in [0.15, 0.2) is 0 Å². The molecule has 0 saturated carbocycles. The van der Waals surface area contributed by atoms with Crippen LogP contribution in [0.15, 0.2) is 71.3 Å². The Morgan fingerprint density at radius 3 is 2.18 bits per heavy atom. The summed E-state index contributed by atoms with van der Waals surface area (Å²) in [5.41, 5.74) is 4.30. The highest BCUT2D eigenvalue weighted by Gasteiger charge is 2.30. The molecule has 1 aromatic heterocycles. The lowest BCUT2D eigenvalue weighted by atomic mass is 9.98. The summed E-state index contributed by atoms with van der Waals surface area (Å²) >= 11 is 0. The molecule has 0 fully saturated rings. The summed E-state index contributed by atoms with van der Waals surface area (Å²) in [5, 5.41) is 14.2. The van der Waals surface area contributed by atoms with Crippen LogP contribution in [-0.4, -0.2) is 35.7 Å². The molecule has 2 amide bonds. The highest BCUT2D eigenvalue weighted by molar-refractivity contribution is 5.89. The van der Waals surface area contributed by atoms with Crippen LogP contribution < -0.4 is 10.6 Å². The lowest BCUT2D eigenvalue weighted by molar-refractivity contribution is -0.140. The minimum atomic E-state index is -1.30. The van der Waals surface area contributed by atoms with Gasteiger partial charge in [-0.15, -0.1) is 0 Å². The molecule has 3 aromatic rings. The van der Waals surface area contributed by atoms with Gasteiger partial charge in [0.05, 0.1) is 18.7 Å². The lowest BCUT2D eigenvalue weighted by Gasteiger charge is -2.20. The third-order valence-electron chi connectivity index (χ3n) is 5.66. The van der Waals surface area contributed by atoms with E-state index in [1.807, 2.05) is 48.5 Å². The van der Waals surface area contributed by atoms with E-state index in [2.05, 4.69) is 10.6 Å². The Hall–Kier alpha value is -4.07. The molecule has 0 radical (unpaired) electrons. The second kappa shape index (κ2) is 9.60. The molecule has 1 aliphatic carbocycles. The highest BCUT2D eigenvalue weighted by Crippen LogP contribution is 2.44. The minimum absolute atomic E-state index is 0.0596. The van der Waals surface area contributed by atoms with Gasteiger partial charge in [-0.25, -0.2) is 4.79 Å². The van der Waals surface area contributed by atoms with Crippen LogP contribution in [0.3, 0.4) is 0 Å². The summed E-state index contributed by atoms with van der Waals surface area (Å²) in [5.74, 6) is -1.50. The number of amides is 2. The Balaban J connectivity index is 1.41. The Labute approximate surface area is 190 Å². The first-order valence-electron chi connectivity index (χ1n) is 10.6. The first-order valence-corrected chi connectivity index (χ1v) is 10.6. The van der Waals surface area contributed by atoms with Crippen molar-refractivity contribution in [2.45, 2.75) is 31.3 Å². The number of hydrogen-bond acceptors (Lipinski definition) is 5. The largest absolute Gasteiger partial charge is 0.481 e. The molecule has 2 atom stereocenters. The number of benzene rings is 2. The summed E-state index contributed by atoms with van der Waals surface area (Å²) in [6.45, 7) is 1.76. The van der Waals surface area contributed by atoms with Gasteiger partial charge in [0.25, 0.3) is 0 Å². The SMILES string of the molecule is CC(NC(=O)C(CC(=O)O)NC(=O)OCC1c2ccccc2-c2ccccc21)c1ccco1. The molecule has 3 N–H and O–H groups in total. The van der Waals surface area contributed by atoms with E-state index in [9.17, 15) is 19.5 Å². The number of furan rings is 1. The van der Waals surface area contributed by atoms with Gasteiger partial charge in [-0.05, 0) is 41.3 Å². The molecule has 1 heterocycles. The average Bonchev–Trinajstić information content (AvgIpc) is 3.44. The second-order valence-electron chi connectivity index (χ2n) is 7.87. The van der Waals surface area contributed by atoms with E-state index in [0.717, 1.165) is 22.3 Å². The Bertz CT molecular complexity index is 1110. The molecule has 0 bridgehead atoms. The van der Waals surface area contributed by atoms with Crippen LogP contribution in [0, 0.1) is 0 Å². The molecule has 2 aromatic carbocycles. The van der Waals surface area contributed by atoms with Crippen LogP contribution in [-0.2, 0) is 14.3 Å².